The Bertz CT molecular complexity index is 3010. The van der Waals surface area contributed by atoms with E-state index in [4.69, 9.17) is 0 Å². The van der Waals surface area contributed by atoms with Crippen LogP contribution < -0.4 is 0 Å². The van der Waals surface area contributed by atoms with Gasteiger partial charge in [0, 0.05) is 0 Å². The lowest BCUT2D eigenvalue weighted by atomic mass is 9.74. The van der Waals surface area contributed by atoms with E-state index in [1.165, 1.54) is 165 Å². The molecular weight excluding hydrogens is 769 g/mol. The zero-order valence-electron chi connectivity index (χ0n) is 37.2. The molecule has 0 nitrogen and oxygen atoms in total. The summed E-state index contributed by atoms with van der Waals surface area (Å²) in [6.45, 7) is 0. The second-order valence-electron chi connectivity index (χ2n) is 19.4. The van der Waals surface area contributed by atoms with Gasteiger partial charge in [0.05, 0.1) is 0 Å². The normalized spacial score (nSPS) is 16.1. The third kappa shape index (κ3) is 7.07. The highest BCUT2D eigenvalue weighted by molar-refractivity contribution is 6.25. The van der Waals surface area contributed by atoms with Crippen LogP contribution in [0.3, 0.4) is 0 Å². The maximum atomic E-state index is 2.68. The van der Waals surface area contributed by atoms with Crippen LogP contribution in [0.25, 0.3) is 88.0 Å². The third-order valence-electron chi connectivity index (χ3n) is 15.6. The van der Waals surface area contributed by atoms with Gasteiger partial charge in [-0.05, 0) is 192 Å². The fraction of sp³-hybridized carbons (Fsp3) is 0.250. The van der Waals surface area contributed by atoms with Gasteiger partial charge in [0.2, 0.25) is 0 Å². The SMILES string of the molecule is c1ccc(-c2cc(-c3ccccc3)cc(-c3c4ccccc4c(-c4c5c(c(-c6cc(C7CCCCC7)cc(C7CCCCC7)c6)c6ccccc46)CCCC5)c4ccccc34)c2)cc1. The highest BCUT2D eigenvalue weighted by Gasteiger charge is 2.29. The summed E-state index contributed by atoms with van der Waals surface area (Å²) in [4.78, 5) is 0. The predicted octanol–water partition coefficient (Wildman–Crippen LogP) is 18.5. The number of benzene rings is 9. The van der Waals surface area contributed by atoms with Crippen LogP contribution in [-0.4, -0.2) is 0 Å². The van der Waals surface area contributed by atoms with Crippen LogP contribution in [0, 0.1) is 0 Å². The van der Waals surface area contributed by atoms with E-state index >= 15 is 0 Å². The van der Waals surface area contributed by atoms with E-state index in [-0.39, 0.29) is 0 Å². The summed E-state index contributed by atoms with van der Waals surface area (Å²) < 4.78 is 0. The Labute approximate surface area is 380 Å². The summed E-state index contributed by atoms with van der Waals surface area (Å²) in [6, 6.07) is 65.3. The van der Waals surface area contributed by atoms with Gasteiger partial charge in [-0.15, -0.1) is 0 Å². The molecule has 2 fully saturated rings. The molecular formula is C64H58. The van der Waals surface area contributed by atoms with Gasteiger partial charge in [-0.2, -0.15) is 0 Å². The molecule has 3 aliphatic rings. The number of rotatable bonds is 7. The van der Waals surface area contributed by atoms with E-state index in [1.54, 1.807) is 22.3 Å². The Kier molecular flexibility index (Phi) is 10.5. The molecule has 0 heterocycles. The van der Waals surface area contributed by atoms with Crippen LogP contribution in [0.5, 0.6) is 0 Å². The van der Waals surface area contributed by atoms with E-state index in [0.717, 1.165) is 12.8 Å². The standard InChI is InChI=1S/C64H58/c1-5-21-43(22-6-1)47-37-48(44-23-7-2-8-24-44)40-51(39-47)61-53-29-13-17-33-57(53)63(58-34-18-14-30-54(58)61)64-59-35-19-15-31-55(59)62(56-32-16-20-36-60(56)64)52-41-49(45-25-9-3-10-26-45)38-50(42-52)46-27-11-4-12-28-46/h1-2,5-8,13-15,17-19,21-24,29-31,33-35,37-42,45-46H,3-4,9-12,16,20,25-28,32,36H2. The lowest BCUT2D eigenvalue weighted by Crippen LogP contribution is -2.11. The highest BCUT2D eigenvalue weighted by atomic mass is 14.3. The van der Waals surface area contributed by atoms with Crippen molar-refractivity contribution in [1.82, 2.24) is 0 Å². The second-order valence-corrected chi connectivity index (χ2v) is 19.4. The molecule has 0 spiro atoms. The van der Waals surface area contributed by atoms with E-state index in [0.29, 0.717) is 11.8 Å². The van der Waals surface area contributed by atoms with Crippen molar-refractivity contribution in [3.63, 3.8) is 0 Å². The van der Waals surface area contributed by atoms with Crippen LogP contribution in [0.15, 0.2) is 170 Å². The summed E-state index contributed by atoms with van der Waals surface area (Å²) in [5.74, 6) is 1.37. The first-order chi connectivity index (χ1) is 31.8. The van der Waals surface area contributed by atoms with Gasteiger partial charge in [0.15, 0.2) is 0 Å². The molecule has 9 aromatic rings. The minimum atomic E-state index is 0.686. The van der Waals surface area contributed by atoms with E-state index in [9.17, 15) is 0 Å². The Morgan fingerprint density at radius 1 is 0.250 bits per heavy atom. The summed E-state index contributed by atoms with van der Waals surface area (Å²) in [5, 5.41) is 8.14. The first kappa shape index (κ1) is 39.4. The Hall–Kier alpha value is -6.24. The first-order valence-corrected chi connectivity index (χ1v) is 24.7. The monoisotopic (exact) mass is 826 g/mol. The summed E-state index contributed by atoms with van der Waals surface area (Å²) in [7, 11) is 0. The van der Waals surface area contributed by atoms with Crippen LogP contribution in [0.2, 0.25) is 0 Å². The molecule has 2 saturated carbocycles. The highest BCUT2D eigenvalue weighted by Crippen LogP contribution is 2.52. The van der Waals surface area contributed by atoms with Gasteiger partial charge in [-0.25, -0.2) is 0 Å². The molecule has 0 aromatic heterocycles. The van der Waals surface area contributed by atoms with E-state index in [1.807, 2.05) is 0 Å². The fourth-order valence-electron chi connectivity index (χ4n) is 12.6. The molecule has 9 aromatic carbocycles. The first-order valence-electron chi connectivity index (χ1n) is 24.7. The third-order valence-corrected chi connectivity index (χ3v) is 15.6. The van der Waals surface area contributed by atoms with Gasteiger partial charge in [-0.1, -0.05) is 190 Å². The summed E-state index contributed by atoms with van der Waals surface area (Å²) in [5.41, 5.74) is 19.8. The smallest absolute Gasteiger partial charge is 0.00173 e. The number of hydrogen-bond donors (Lipinski definition) is 0. The quantitative estimate of drug-likeness (QED) is 0.140. The molecule has 0 N–H and O–H groups in total. The second kappa shape index (κ2) is 17.0. The molecule has 0 radical (unpaired) electrons. The van der Waals surface area contributed by atoms with Crippen molar-refractivity contribution in [3.05, 3.63) is 192 Å². The van der Waals surface area contributed by atoms with Crippen LogP contribution in [-0.2, 0) is 12.8 Å². The minimum absolute atomic E-state index is 0.686. The lowest BCUT2D eigenvalue weighted by Gasteiger charge is -2.30. The van der Waals surface area contributed by atoms with Crippen molar-refractivity contribution in [1.29, 1.82) is 0 Å². The van der Waals surface area contributed by atoms with Crippen LogP contribution >= 0.6 is 0 Å². The molecule has 0 amide bonds. The predicted molar refractivity (Wildman–Crippen MR) is 274 cm³/mol. The maximum absolute atomic E-state index is 2.68. The van der Waals surface area contributed by atoms with Gasteiger partial charge in [0.1, 0.15) is 0 Å². The van der Waals surface area contributed by atoms with Crippen molar-refractivity contribution in [2.75, 3.05) is 0 Å². The maximum Gasteiger partial charge on any atom is -0.00173 e. The number of hydrogen-bond acceptors (Lipinski definition) is 0. The van der Waals surface area contributed by atoms with E-state index < -0.39 is 0 Å². The molecule has 314 valence electrons. The molecule has 0 heteroatoms. The van der Waals surface area contributed by atoms with Gasteiger partial charge in [0.25, 0.3) is 0 Å². The Balaban J connectivity index is 1.13. The average Bonchev–Trinajstić information content (AvgIpc) is 3.38. The van der Waals surface area contributed by atoms with Gasteiger partial charge >= 0.3 is 0 Å². The van der Waals surface area contributed by atoms with Crippen molar-refractivity contribution >= 4 is 32.3 Å². The van der Waals surface area contributed by atoms with E-state index in [2.05, 4.69) is 170 Å². The molecule has 64 heavy (non-hydrogen) atoms. The average molecular weight is 827 g/mol. The van der Waals surface area contributed by atoms with Crippen molar-refractivity contribution < 1.29 is 0 Å². The minimum Gasteiger partial charge on any atom is -0.0622 e. The Morgan fingerprint density at radius 3 is 1.08 bits per heavy atom. The molecule has 0 saturated heterocycles. The van der Waals surface area contributed by atoms with Crippen LogP contribution in [0.1, 0.15) is 111 Å². The summed E-state index contributed by atoms with van der Waals surface area (Å²) >= 11 is 0. The fourth-order valence-corrected chi connectivity index (χ4v) is 12.6. The zero-order chi connectivity index (χ0) is 42.4. The molecule has 12 rings (SSSR count). The summed E-state index contributed by atoms with van der Waals surface area (Å²) in [6.07, 6.45) is 18.3. The van der Waals surface area contributed by atoms with Crippen molar-refractivity contribution in [2.45, 2.75) is 102 Å². The largest absolute Gasteiger partial charge is 0.0622 e. The molecule has 3 aliphatic carbocycles. The van der Waals surface area contributed by atoms with Crippen molar-refractivity contribution in [3.8, 4) is 55.6 Å². The molecule has 0 bridgehead atoms. The Morgan fingerprint density at radius 2 is 0.609 bits per heavy atom. The number of fused-ring (bicyclic) bond motifs is 4. The lowest BCUT2D eigenvalue weighted by molar-refractivity contribution is 0.435. The zero-order valence-corrected chi connectivity index (χ0v) is 37.2. The van der Waals surface area contributed by atoms with Crippen molar-refractivity contribution in [2.24, 2.45) is 0 Å². The van der Waals surface area contributed by atoms with Crippen LogP contribution in [0.4, 0.5) is 0 Å². The molecule has 0 atom stereocenters. The van der Waals surface area contributed by atoms with Gasteiger partial charge in [-0.3, -0.25) is 0 Å². The van der Waals surface area contributed by atoms with Gasteiger partial charge < -0.3 is 0 Å². The molecule has 0 unspecified atom stereocenters. The topological polar surface area (TPSA) is 0 Å². The molecule has 0 aliphatic heterocycles.